The van der Waals surface area contributed by atoms with Crippen LogP contribution in [0, 0.1) is 21.3 Å². The molecule has 0 spiro atoms. The van der Waals surface area contributed by atoms with E-state index in [0.717, 1.165) is 0 Å². The van der Waals surface area contributed by atoms with E-state index in [1.165, 1.54) is 0 Å². The maximum absolute atomic E-state index is 3.36. The Morgan fingerprint density at radius 2 is 1.17 bits per heavy atom. The molecule has 0 nitrogen and oxygen atoms in total. The molecule has 0 aliphatic heterocycles. The molecule has 0 atom stereocenters. The van der Waals surface area contributed by atoms with E-state index in [1.54, 1.807) is 12.2 Å². The van der Waals surface area contributed by atoms with Crippen molar-refractivity contribution in [2.45, 2.75) is 0 Å². The minimum atomic E-state index is 0. The first-order chi connectivity index (χ1) is 1.91. The van der Waals surface area contributed by atoms with E-state index in [2.05, 4.69) is 13.8 Å². The van der Waals surface area contributed by atoms with Crippen LogP contribution in [0.15, 0.2) is 12.2 Å². The van der Waals surface area contributed by atoms with Gasteiger partial charge in [0, 0.05) is 21.1 Å². The standard InChI is InChI=1S/C4H6.CH3.W/c1-3-4-2;;/h3-4H,1-2H2;1H3;/q-2;-1;/b4-3-;;. The summed E-state index contributed by atoms with van der Waals surface area (Å²) in [4.78, 5) is 0. The molecule has 0 unspecified atom stereocenters. The van der Waals surface area contributed by atoms with Crippen molar-refractivity contribution in [2.75, 3.05) is 0 Å². The summed E-state index contributed by atoms with van der Waals surface area (Å²) in [6, 6.07) is 0. The Morgan fingerprint density at radius 1 is 1.00 bits per heavy atom. The minimum absolute atomic E-state index is 0. The van der Waals surface area contributed by atoms with Gasteiger partial charge in [-0.1, -0.05) is 0 Å². The van der Waals surface area contributed by atoms with Crippen LogP contribution in [0.1, 0.15) is 0 Å². The van der Waals surface area contributed by atoms with Crippen LogP contribution in [0.3, 0.4) is 0 Å². The summed E-state index contributed by atoms with van der Waals surface area (Å²) in [5.41, 5.74) is 0. The van der Waals surface area contributed by atoms with Gasteiger partial charge in [0.25, 0.3) is 0 Å². The van der Waals surface area contributed by atoms with Crippen molar-refractivity contribution < 1.29 is 21.1 Å². The summed E-state index contributed by atoms with van der Waals surface area (Å²) < 4.78 is 0. The fourth-order valence-corrected chi connectivity index (χ4v) is 0. The summed E-state index contributed by atoms with van der Waals surface area (Å²) in [5, 5.41) is 0. The van der Waals surface area contributed by atoms with Crippen LogP contribution in [0.2, 0.25) is 0 Å². The van der Waals surface area contributed by atoms with E-state index in [9.17, 15) is 0 Å². The zero-order chi connectivity index (χ0) is 3.41. The van der Waals surface area contributed by atoms with Gasteiger partial charge in [-0.05, 0) is 0 Å². The molecule has 0 bridgehead atoms. The van der Waals surface area contributed by atoms with Gasteiger partial charge in [0.2, 0.25) is 0 Å². The van der Waals surface area contributed by atoms with E-state index in [1.807, 2.05) is 0 Å². The quantitative estimate of drug-likeness (QED) is 0.576. The molecule has 0 aromatic heterocycles. The first kappa shape index (κ1) is 16.4. The van der Waals surface area contributed by atoms with Crippen molar-refractivity contribution in [3.05, 3.63) is 33.4 Å². The summed E-state index contributed by atoms with van der Waals surface area (Å²) in [6.07, 6.45) is 3.28. The van der Waals surface area contributed by atoms with Crippen LogP contribution >= 0.6 is 0 Å². The largest absolute Gasteiger partial charge is 0.382 e. The Kier molecular flexibility index (Phi) is 52.2. The Morgan fingerprint density at radius 3 is 1.17 bits per heavy atom. The van der Waals surface area contributed by atoms with Crippen LogP contribution in [0.5, 0.6) is 0 Å². The van der Waals surface area contributed by atoms with Gasteiger partial charge in [0.15, 0.2) is 0 Å². The summed E-state index contributed by atoms with van der Waals surface area (Å²) in [5.74, 6) is 0. The molecule has 0 saturated carbocycles. The molecule has 0 radical (unpaired) electrons. The molecule has 38 valence electrons. The van der Waals surface area contributed by atoms with Gasteiger partial charge in [-0.25, -0.2) is 0 Å². The molecule has 0 amide bonds. The van der Waals surface area contributed by atoms with Gasteiger partial charge in [0.05, 0.1) is 0 Å². The third-order valence-electron chi connectivity index (χ3n) is 0.167. The minimum Gasteiger partial charge on any atom is -0.382 e. The topological polar surface area (TPSA) is 0 Å². The van der Waals surface area contributed by atoms with Crippen LogP contribution in [0.4, 0.5) is 0 Å². The zero-order valence-corrected chi connectivity index (χ0v) is 6.91. The van der Waals surface area contributed by atoms with Crippen molar-refractivity contribution in [3.8, 4) is 0 Å². The Bertz CT molecular complexity index is 19.1. The second kappa shape index (κ2) is 19.1. The maximum atomic E-state index is 3.36. The molecule has 0 aliphatic carbocycles. The number of hydrogen-bond donors (Lipinski definition) is 0. The SMILES string of the molecule is [CH2-]/C=C\[CH2-].[CH3-].[W]. The van der Waals surface area contributed by atoms with E-state index in [0.29, 0.717) is 0 Å². The Hall–Kier alpha value is 0.168. The van der Waals surface area contributed by atoms with E-state index in [4.69, 9.17) is 0 Å². The molecule has 0 rings (SSSR count). The molecule has 6 heavy (non-hydrogen) atoms. The number of hydrogen-bond acceptors (Lipinski definition) is 0. The number of rotatable bonds is 0. The summed E-state index contributed by atoms with van der Waals surface area (Å²) in [6.45, 7) is 6.72. The average Bonchev–Trinajstić information content (AvgIpc) is 1.37. The first-order valence-corrected chi connectivity index (χ1v) is 1.15. The fraction of sp³-hybridized carbons (Fsp3) is 0. The maximum Gasteiger partial charge on any atom is 0 e. The smallest absolute Gasteiger partial charge is 0 e. The molecule has 1 heteroatoms. The molecule has 0 saturated heterocycles. The Balaban J connectivity index is -0.0000000450. The van der Waals surface area contributed by atoms with E-state index >= 15 is 0 Å². The van der Waals surface area contributed by atoms with Gasteiger partial charge >= 0.3 is 0 Å². The molecule has 0 aromatic rings. The average molecular weight is 253 g/mol. The van der Waals surface area contributed by atoms with Crippen LogP contribution in [0.25, 0.3) is 0 Å². The predicted molar refractivity (Wildman–Crippen MR) is 26.3 cm³/mol. The van der Waals surface area contributed by atoms with Crippen molar-refractivity contribution in [2.24, 2.45) is 0 Å². The third kappa shape index (κ3) is 30.7. The van der Waals surface area contributed by atoms with Crippen molar-refractivity contribution in [3.63, 3.8) is 0 Å². The van der Waals surface area contributed by atoms with E-state index < -0.39 is 0 Å². The Labute approximate surface area is 54.9 Å². The van der Waals surface area contributed by atoms with Gasteiger partial charge in [-0.3, -0.25) is 0 Å². The molecular formula is C5H9W-3. The molecular weight excluding hydrogens is 244 g/mol. The second-order valence-electron chi connectivity index (χ2n) is 0.471. The van der Waals surface area contributed by atoms with Gasteiger partial charge < -0.3 is 33.4 Å². The molecule has 0 aliphatic rings. The van der Waals surface area contributed by atoms with Crippen LogP contribution in [-0.4, -0.2) is 0 Å². The zero-order valence-electron chi connectivity index (χ0n) is 3.98. The molecule has 0 heterocycles. The van der Waals surface area contributed by atoms with Crippen LogP contribution in [-0.2, 0) is 21.1 Å². The monoisotopic (exact) mass is 253 g/mol. The third-order valence-corrected chi connectivity index (χ3v) is 0.167. The summed E-state index contributed by atoms with van der Waals surface area (Å²) in [7, 11) is 0. The molecule has 0 fully saturated rings. The normalized spacial score (nSPS) is 6.00. The number of allylic oxidation sites excluding steroid dienone is 2. The van der Waals surface area contributed by atoms with Gasteiger partial charge in [-0.2, -0.15) is 0 Å². The molecule has 0 aromatic carbocycles. The molecule has 0 N–H and O–H groups in total. The van der Waals surface area contributed by atoms with Gasteiger partial charge in [-0.15, -0.1) is 0 Å². The van der Waals surface area contributed by atoms with Crippen molar-refractivity contribution in [1.29, 1.82) is 0 Å². The predicted octanol–water partition coefficient (Wildman–Crippen LogP) is 1.66. The second-order valence-corrected chi connectivity index (χ2v) is 0.471. The summed E-state index contributed by atoms with van der Waals surface area (Å²) >= 11 is 0. The van der Waals surface area contributed by atoms with Crippen molar-refractivity contribution in [1.82, 2.24) is 0 Å². The fourth-order valence-electron chi connectivity index (χ4n) is 0. The van der Waals surface area contributed by atoms with Crippen LogP contribution < -0.4 is 0 Å². The van der Waals surface area contributed by atoms with Gasteiger partial charge in [0.1, 0.15) is 0 Å². The van der Waals surface area contributed by atoms with Crippen molar-refractivity contribution >= 4 is 0 Å². The van der Waals surface area contributed by atoms with E-state index in [-0.39, 0.29) is 28.5 Å². The first-order valence-electron chi connectivity index (χ1n) is 1.15.